The Morgan fingerprint density at radius 3 is 1.55 bits per heavy atom. The smallest absolute Gasteiger partial charge is 0.0487 e. The van der Waals surface area contributed by atoms with Crippen LogP contribution in [-0.2, 0) is 4.74 Å². The highest BCUT2D eigenvalue weighted by Crippen LogP contribution is 1.98. The second-order valence-corrected chi connectivity index (χ2v) is 1.97. The lowest BCUT2D eigenvalue weighted by atomic mass is 10.1. The third-order valence-corrected chi connectivity index (χ3v) is 1.15. The van der Waals surface area contributed by atoms with E-state index in [0.717, 1.165) is 12.5 Å². The van der Waals surface area contributed by atoms with Crippen LogP contribution in [0.1, 0.15) is 48.0 Å². The quantitative estimate of drug-likeness (QED) is 0.614. The second-order valence-electron chi connectivity index (χ2n) is 1.97. The molecule has 0 saturated carbocycles. The fraction of sp³-hybridized carbons (Fsp3) is 1.00. The lowest BCUT2D eigenvalue weighted by Gasteiger charge is -2.03. The second kappa shape index (κ2) is 22.5. The van der Waals surface area contributed by atoms with Gasteiger partial charge in [0.25, 0.3) is 0 Å². The fourth-order valence-corrected chi connectivity index (χ4v) is 0.402. The Kier molecular flexibility index (Phi) is 35.1. The van der Waals surface area contributed by atoms with Gasteiger partial charge in [-0.3, -0.25) is 0 Å². The van der Waals surface area contributed by atoms with E-state index >= 15 is 0 Å². The van der Waals surface area contributed by atoms with Gasteiger partial charge in [0, 0.05) is 13.7 Å². The van der Waals surface area contributed by atoms with Crippen LogP contribution in [0.3, 0.4) is 0 Å². The predicted molar refractivity (Wildman–Crippen MR) is 54.0 cm³/mol. The van der Waals surface area contributed by atoms with Crippen LogP contribution in [0.5, 0.6) is 0 Å². The summed E-state index contributed by atoms with van der Waals surface area (Å²) in [5.41, 5.74) is 0. The minimum atomic E-state index is 0.727. The molecule has 1 nitrogen and oxygen atoms in total. The molecule has 0 amide bonds. The summed E-state index contributed by atoms with van der Waals surface area (Å²) in [6, 6.07) is 0. The number of rotatable bonds is 3. The van der Waals surface area contributed by atoms with Gasteiger partial charge in [0.2, 0.25) is 0 Å². The zero-order valence-electron chi connectivity index (χ0n) is 9.40. The standard InChI is InChI=1S/C6H14O.2C2H6/c1-4-6(2)5-7-3;2*1-2/h6H,4-5H2,1-3H3;2*1-2H3. The molecule has 0 aromatic rings. The summed E-state index contributed by atoms with van der Waals surface area (Å²) in [6.07, 6.45) is 1.22. The summed E-state index contributed by atoms with van der Waals surface area (Å²) in [5.74, 6) is 0.727. The first-order chi connectivity index (χ1) is 5.31. The van der Waals surface area contributed by atoms with Crippen LogP contribution < -0.4 is 0 Å². The third-order valence-electron chi connectivity index (χ3n) is 1.15. The van der Waals surface area contributed by atoms with Crippen LogP contribution >= 0.6 is 0 Å². The first-order valence-corrected chi connectivity index (χ1v) is 4.80. The van der Waals surface area contributed by atoms with Crippen molar-refractivity contribution in [2.75, 3.05) is 13.7 Å². The molecule has 0 aliphatic heterocycles. The van der Waals surface area contributed by atoms with Gasteiger partial charge in [-0.2, -0.15) is 0 Å². The van der Waals surface area contributed by atoms with Crippen molar-refractivity contribution in [1.82, 2.24) is 0 Å². The monoisotopic (exact) mass is 162 g/mol. The predicted octanol–water partition coefficient (Wildman–Crippen LogP) is 3.73. The van der Waals surface area contributed by atoms with Gasteiger partial charge in [-0.1, -0.05) is 48.0 Å². The summed E-state index contributed by atoms with van der Waals surface area (Å²) >= 11 is 0. The Morgan fingerprint density at radius 2 is 1.45 bits per heavy atom. The molecule has 1 unspecified atom stereocenters. The van der Waals surface area contributed by atoms with E-state index in [9.17, 15) is 0 Å². The molecule has 0 aromatic carbocycles. The number of methoxy groups -OCH3 is 1. The highest BCUT2D eigenvalue weighted by molar-refractivity contribution is 4.43. The van der Waals surface area contributed by atoms with E-state index < -0.39 is 0 Å². The average molecular weight is 162 g/mol. The largest absolute Gasteiger partial charge is 0.384 e. The van der Waals surface area contributed by atoms with E-state index in [4.69, 9.17) is 4.74 Å². The molecule has 0 aliphatic rings. The summed E-state index contributed by atoms with van der Waals surface area (Å²) in [4.78, 5) is 0. The molecule has 0 heterocycles. The van der Waals surface area contributed by atoms with Gasteiger partial charge < -0.3 is 4.74 Å². The van der Waals surface area contributed by atoms with Crippen LogP contribution in [0.25, 0.3) is 0 Å². The summed E-state index contributed by atoms with van der Waals surface area (Å²) in [7, 11) is 1.74. The fourth-order valence-electron chi connectivity index (χ4n) is 0.402. The van der Waals surface area contributed by atoms with E-state index in [2.05, 4.69) is 13.8 Å². The van der Waals surface area contributed by atoms with Crippen LogP contribution in [0.2, 0.25) is 0 Å². The minimum Gasteiger partial charge on any atom is -0.384 e. The van der Waals surface area contributed by atoms with E-state index in [0.29, 0.717) is 0 Å². The molecule has 0 rings (SSSR count). The van der Waals surface area contributed by atoms with E-state index in [1.165, 1.54) is 6.42 Å². The summed E-state index contributed by atoms with van der Waals surface area (Å²) in [5, 5.41) is 0. The van der Waals surface area contributed by atoms with Gasteiger partial charge in [0.05, 0.1) is 0 Å². The van der Waals surface area contributed by atoms with Crippen molar-refractivity contribution < 1.29 is 4.74 Å². The van der Waals surface area contributed by atoms with Crippen LogP contribution in [0.4, 0.5) is 0 Å². The van der Waals surface area contributed by atoms with E-state index in [1.807, 2.05) is 27.7 Å². The lowest BCUT2D eigenvalue weighted by Crippen LogP contribution is -2.00. The van der Waals surface area contributed by atoms with Gasteiger partial charge in [0.15, 0.2) is 0 Å². The molecule has 0 fully saturated rings. The van der Waals surface area contributed by atoms with Crippen molar-refractivity contribution in [3.8, 4) is 0 Å². The Morgan fingerprint density at radius 1 is 1.09 bits per heavy atom. The molecule has 1 atom stereocenters. The molecule has 0 N–H and O–H groups in total. The Labute approximate surface area is 73.1 Å². The van der Waals surface area contributed by atoms with Crippen molar-refractivity contribution in [1.29, 1.82) is 0 Å². The minimum absolute atomic E-state index is 0.727. The first-order valence-electron chi connectivity index (χ1n) is 4.80. The van der Waals surface area contributed by atoms with Gasteiger partial charge >= 0.3 is 0 Å². The summed E-state index contributed by atoms with van der Waals surface area (Å²) in [6.45, 7) is 13.3. The molecule has 0 spiro atoms. The van der Waals surface area contributed by atoms with Gasteiger partial charge in [-0.25, -0.2) is 0 Å². The Balaban J connectivity index is -0.000000138. The molecule has 0 aliphatic carbocycles. The Hall–Kier alpha value is -0.0400. The van der Waals surface area contributed by atoms with Crippen molar-refractivity contribution in [2.24, 2.45) is 5.92 Å². The van der Waals surface area contributed by atoms with Crippen molar-refractivity contribution >= 4 is 0 Å². The van der Waals surface area contributed by atoms with Crippen LogP contribution in [-0.4, -0.2) is 13.7 Å². The molecular formula is C10H26O. The highest BCUT2D eigenvalue weighted by Gasteiger charge is 1.93. The van der Waals surface area contributed by atoms with Crippen LogP contribution in [0, 0.1) is 5.92 Å². The molecule has 0 aromatic heterocycles. The zero-order chi connectivity index (χ0) is 9.70. The first kappa shape index (κ1) is 17.2. The molecule has 0 saturated heterocycles. The lowest BCUT2D eigenvalue weighted by molar-refractivity contribution is 0.158. The van der Waals surface area contributed by atoms with Crippen molar-refractivity contribution in [3.63, 3.8) is 0 Å². The average Bonchev–Trinajstić information content (AvgIpc) is 2.12. The molecular weight excluding hydrogens is 136 g/mol. The Bertz CT molecular complexity index is 35.9. The zero-order valence-corrected chi connectivity index (χ0v) is 9.40. The van der Waals surface area contributed by atoms with E-state index in [1.54, 1.807) is 7.11 Å². The molecule has 0 bridgehead atoms. The van der Waals surface area contributed by atoms with E-state index in [-0.39, 0.29) is 0 Å². The van der Waals surface area contributed by atoms with Crippen molar-refractivity contribution in [3.05, 3.63) is 0 Å². The number of ether oxygens (including phenoxy) is 1. The third kappa shape index (κ3) is 25.7. The number of hydrogen-bond donors (Lipinski definition) is 0. The van der Waals surface area contributed by atoms with Gasteiger partial charge in [0.1, 0.15) is 0 Å². The molecule has 0 radical (unpaired) electrons. The molecule has 72 valence electrons. The van der Waals surface area contributed by atoms with Gasteiger partial charge in [-0.05, 0) is 5.92 Å². The molecule has 1 heteroatoms. The summed E-state index contributed by atoms with van der Waals surface area (Å²) < 4.78 is 4.89. The van der Waals surface area contributed by atoms with Crippen molar-refractivity contribution in [2.45, 2.75) is 48.0 Å². The van der Waals surface area contributed by atoms with Gasteiger partial charge in [-0.15, -0.1) is 0 Å². The maximum atomic E-state index is 4.89. The SMILES string of the molecule is CC.CC.CCC(C)COC. The maximum Gasteiger partial charge on any atom is 0.0487 e. The van der Waals surface area contributed by atoms with Crippen LogP contribution in [0.15, 0.2) is 0 Å². The molecule has 11 heavy (non-hydrogen) atoms. The maximum absolute atomic E-state index is 4.89. The topological polar surface area (TPSA) is 9.23 Å². The normalized spacial score (nSPS) is 10.1. The highest BCUT2D eigenvalue weighted by atomic mass is 16.5. The number of hydrogen-bond acceptors (Lipinski definition) is 1.